The molecular weight excluding hydrogens is 244 g/mol. The van der Waals surface area contributed by atoms with E-state index in [0.717, 1.165) is 0 Å². The maximum absolute atomic E-state index is 12.1. The van der Waals surface area contributed by atoms with Crippen molar-refractivity contribution in [2.45, 2.75) is 6.92 Å². The number of carbonyl (C=O) groups is 2. The van der Waals surface area contributed by atoms with Gasteiger partial charge in [-0.2, -0.15) is 5.26 Å². The molecule has 0 N–H and O–H groups in total. The molecule has 0 aromatic heterocycles. The predicted molar refractivity (Wildman–Crippen MR) is 69.3 cm³/mol. The topological polar surface area (TPSA) is 70.4 Å². The first-order chi connectivity index (χ1) is 8.99. The van der Waals surface area contributed by atoms with E-state index in [9.17, 15) is 9.59 Å². The summed E-state index contributed by atoms with van der Waals surface area (Å²) in [6.07, 6.45) is 0. The number of nitriles is 1. The molecular formula is C14H16N2O3. The van der Waals surface area contributed by atoms with Gasteiger partial charge in [0.05, 0.1) is 24.7 Å². The zero-order valence-electron chi connectivity index (χ0n) is 11.2. The molecule has 0 aliphatic heterocycles. The minimum absolute atomic E-state index is 0.194. The Kier molecular flexibility index (Phi) is 5.07. The molecule has 0 radical (unpaired) electrons. The largest absolute Gasteiger partial charge is 0.469 e. The molecule has 100 valence electrons. The van der Waals surface area contributed by atoms with E-state index in [0.29, 0.717) is 11.1 Å². The van der Waals surface area contributed by atoms with Crippen molar-refractivity contribution in [3.8, 4) is 6.07 Å². The fourth-order valence-corrected chi connectivity index (χ4v) is 1.68. The van der Waals surface area contributed by atoms with Gasteiger partial charge in [-0.25, -0.2) is 0 Å². The highest BCUT2D eigenvalue weighted by Crippen LogP contribution is 2.08. The van der Waals surface area contributed by atoms with Crippen LogP contribution in [-0.2, 0) is 9.53 Å². The Hall–Kier alpha value is -2.35. The van der Waals surface area contributed by atoms with Crippen molar-refractivity contribution in [2.24, 2.45) is 5.92 Å². The summed E-state index contributed by atoms with van der Waals surface area (Å²) in [5.74, 6) is -0.919. The molecule has 1 atom stereocenters. The van der Waals surface area contributed by atoms with Gasteiger partial charge in [-0.3, -0.25) is 9.59 Å². The molecule has 5 nitrogen and oxygen atoms in total. The molecule has 1 amide bonds. The second-order valence-electron chi connectivity index (χ2n) is 4.30. The number of methoxy groups -OCH3 is 1. The number of hydrogen-bond acceptors (Lipinski definition) is 4. The summed E-state index contributed by atoms with van der Waals surface area (Å²) in [6.45, 7) is 1.99. The van der Waals surface area contributed by atoms with Crippen LogP contribution < -0.4 is 0 Å². The summed E-state index contributed by atoms with van der Waals surface area (Å²) in [4.78, 5) is 24.8. The molecule has 0 saturated carbocycles. The van der Waals surface area contributed by atoms with E-state index in [1.807, 2.05) is 6.07 Å². The maximum atomic E-state index is 12.1. The molecule has 1 aromatic carbocycles. The molecule has 0 bridgehead atoms. The first-order valence-electron chi connectivity index (χ1n) is 5.83. The van der Waals surface area contributed by atoms with Crippen molar-refractivity contribution in [1.82, 2.24) is 4.90 Å². The molecule has 0 aliphatic carbocycles. The highest BCUT2D eigenvalue weighted by Gasteiger charge is 2.19. The van der Waals surface area contributed by atoms with Gasteiger partial charge in [0.1, 0.15) is 0 Å². The van der Waals surface area contributed by atoms with Gasteiger partial charge in [-0.1, -0.05) is 6.92 Å². The molecule has 1 unspecified atom stereocenters. The monoisotopic (exact) mass is 260 g/mol. The van der Waals surface area contributed by atoms with Gasteiger partial charge in [0.2, 0.25) is 0 Å². The van der Waals surface area contributed by atoms with Crippen LogP contribution in [0.3, 0.4) is 0 Å². The van der Waals surface area contributed by atoms with Crippen molar-refractivity contribution in [3.63, 3.8) is 0 Å². The number of ether oxygens (including phenoxy) is 1. The Balaban J connectivity index is 2.71. The van der Waals surface area contributed by atoms with E-state index in [1.165, 1.54) is 12.0 Å². The summed E-state index contributed by atoms with van der Waals surface area (Å²) in [7, 11) is 2.95. The summed E-state index contributed by atoms with van der Waals surface area (Å²) in [5, 5.41) is 8.69. The van der Waals surface area contributed by atoms with Gasteiger partial charge in [0.25, 0.3) is 5.91 Å². The van der Waals surface area contributed by atoms with Crippen molar-refractivity contribution in [1.29, 1.82) is 5.26 Å². The number of nitrogens with zero attached hydrogens (tertiary/aromatic N) is 2. The van der Waals surface area contributed by atoms with Gasteiger partial charge >= 0.3 is 5.97 Å². The Bertz CT molecular complexity index is 502. The van der Waals surface area contributed by atoms with Crippen LogP contribution in [0.25, 0.3) is 0 Å². The van der Waals surface area contributed by atoms with Gasteiger partial charge in [0, 0.05) is 19.2 Å². The van der Waals surface area contributed by atoms with E-state index in [-0.39, 0.29) is 24.3 Å². The molecule has 0 aliphatic rings. The first-order valence-corrected chi connectivity index (χ1v) is 5.83. The zero-order chi connectivity index (χ0) is 14.4. The lowest BCUT2D eigenvalue weighted by Crippen LogP contribution is -2.34. The quantitative estimate of drug-likeness (QED) is 0.768. The normalized spacial score (nSPS) is 11.3. The molecule has 0 fully saturated rings. The van der Waals surface area contributed by atoms with Crippen LogP contribution in [0.4, 0.5) is 0 Å². The second-order valence-corrected chi connectivity index (χ2v) is 4.30. The minimum atomic E-state index is -0.377. The lowest BCUT2D eigenvalue weighted by molar-refractivity contribution is -0.145. The van der Waals surface area contributed by atoms with E-state index < -0.39 is 0 Å². The molecule has 19 heavy (non-hydrogen) atoms. The standard InChI is InChI=1S/C14H16N2O3/c1-10(14(18)19-3)9-16(2)13(17)12-6-4-11(8-15)5-7-12/h4-7,10H,9H2,1-3H3. The number of carbonyl (C=O) groups excluding carboxylic acids is 2. The molecule has 0 spiro atoms. The summed E-state index contributed by atoms with van der Waals surface area (Å²) in [5.41, 5.74) is 0.987. The van der Waals surface area contributed by atoms with Crippen LogP contribution in [0.1, 0.15) is 22.8 Å². The summed E-state index contributed by atoms with van der Waals surface area (Å²) in [6, 6.07) is 8.36. The number of benzene rings is 1. The van der Waals surface area contributed by atoms with Crippen LogP contribution in [0.2, 0.25) is 0 Å². The lowest BCUT2D eigenvalue weighted by Gasteiger charge is -2.20. The van der Waals surface area contributed by atoms with Gasteiger partial charge in [-0.15, -0.1) is 0 Å². The Morgan fingerprint density at radius 1 is 1.37 bits per heavy atom. The highest BCUT2D eigenvalue weighted by atomic mass is 16.5. The third-order valence-corrected chi connectivity index (χ3v) is 2.76. The lowest BCUT2D eigenvalue weighted by atomic mass is 10.1. The van der Waals surface area contributed by atoms with E-state index >= 15 is 0 Å². The molecule has 1 rings (SSSR count). The van der Waals surface area contributed by atoms with Crippen molar-refractivity contribution in [3.05, 3.63) is 35.4 Å². The van der Waals surface area contributed by atoms with E-state index in [2.05, 4.69) is 4.74 Å². The smallest absolute Gasteiger partial charge is 0.310 e. The third kappa shape index (κ3) is 3.81. The zero-order valence-corrected chi connectivity index (χ0v) is 11.2. The van der Waals surface area contributed by atoms with E-state index in [4.69, 9.17) is 5.26 Å². The highest BCUT2D eigenvalue weighted by molar-refractivity contribution is 5.94. The number of hydrogen-bond donors (Lipinski definition) is 0. The summed E-state index contributed by atoms with van der Waals surface area (Å²) >= 11 is 0. The third-order valence-electron chi connectivity index (χ3n) is 2.76. The van der Waals surface area contributed by atoms with Gasteiger partial charge in [-0.05, 0) is 24.3 Å². The molecule has 1 aromatic rings. The van der Waals surface area contributed by atoms with Crippen LogP contribution in [0.15, 0.2) is 24.3 Å². The van der Waals surface area contributed by atoms with Crippen LogP contribution in [-0.4, -0.2) is 37.5 Å². The maximum Gasteiger partial charge on any atom is 0.310 e. The fourth-order valence-electron chi connectivity index (χ4n) is 1.68. The minimum Gasteiger partial charge on any atom is -0.469 e. The fraction of sp³-hybridized carbons (Fsp3) is 0.357. The molecule has 5 heteroatoms. The predicted octanol–water partition coefficient (Wildman–Crippen LogP) is 1.44. The molecule has 0 saturated heterocycles. The van der Waals surface area contributed by atoms with Crippen molar-refractivity contribution in [2.75, 3.05) is 20.7 Å². The van der Waals surface area contributed by atoms with Crippen LogP contribution in [0, 0.1) is 17.2 Å². The van der Waals surface area contributed by atoms with Crippen LogP contribution in [0.5, 0.6) is 0 Å². The number of rotatable bonds is 4. The SMILES string of the molecule is COC(=O)C(C)CN(C)C(=O)c1ccc(C#N)cc1. The Labute approximate surface area is 112 Å². The number of amides is 1. The van der Waals surface area contributed by atoms with Crippen LogP contribution >= 0.6 is 0 Å². The molecule has 0 heterocycles. The second kappa shape index (κ2) is 6.55. The Morgan fingerprint density at radius 2 is 1.95 bits per heavy atom. The average molecular weight is 260 g/mol. The summed E-state index contributed by atoms with van der Waals surface area (Å²) < 4.78 is 4.62. The number of esters is 1. The Morgan fingerprint density at radius 3 is 2.42 bits per heavy atom. The van der Waals surface area contributed by atoms with Gasteiger partial charge in [0.15, 0.2) is 0 Å². The van der Waals surface area contributed by atoms with Gasteiger partial charge < -0.3 is 9.64 Å². The van der Waals surface area contributed by atoms with Crippen molar-refractivity contribution >= 4 is 11.9 Å². The van der Waals surface area contributed by atoms with E-state index in [1.54, 1.807) is 38.2 Å². The van der Waals surface area contributed by atoms with Crippen molar-refractivity contribution < 1.29 is 14.3 Å². The average Bonchev–Trinajstić information content (AvgIpc) is 2.45. The first kappa shape index (κ1) is 14.7.